The van der Waals surface area contributed by atoms with Crippen LogP contribution in [0.25, 0.3) is 0 Å². The Morgan fingerprint density at radius 1 is 1.10 bits per heavy atom. The van der Waals surface area contributed by atoms with Gasteiger partial charge in [0, 0.05) is 0 Å². The first kappa shape index (κ1) is 7.98. The van der Waals surface area contributed by atoms with E-state index >= 15 is 0 Å². The third kappa shape index (κ3) is 1.94. The van der Waals surface area contributed by atoms with Gasteiger partial charge in [-0.2, -0.15) is 0 Å². The molecule has 3 nitrogen and oxygen atoms in total. The summed E-state index contributed by atoms with van der Waals surface area (Å²) < 4.78 is 10.8. The molecule has 2 atom stereocenters. The minimum absolute atomic E-state index is 0.0485. The summed E-state index contributed by atoms with van der Waals surface area (Å²) in [6.07, 6.45) is 0.349. The second-order valence-electron chi connectivity index (χ2n) is 2.84. The van der Waals surface area contributed by atoms with Gasteiger partial charge in [-0.3, -0.25) is 0 Å². The molecule has 10 heavy (non-hydrogen) atoms. The van der Waals surface area contributed by atoms with E-state index in [2.05, 4.69) is 0 Å². The first-order chi connectivity index (χ1) is 4.70. The van der Waals surface area contributed by atoms with Crippen LogP contribution in [0, 0.1) is 0 Å². The molecule has 3 heteroatoms. The fraction of sp³-hybridized carbons (Fsp3) is 1.00. The smallest absolute Gasteiger partial charge is 0.0806 e. The van der Waals surface area contributed by atoms with Gasteiger partial charge < -0.3 is 15.2 Å². The van der Waals surface area contributed by atoms with Crippen LogP contribution in [0.15, 0.2) is 0 Å². The third-order valence-corrected chi connectivity index (χ3v) is 1.81. The van der Waals surface area contributed by atoms with Crippen molar-refractivity contribution in [1.29, 1.82) is 0 Å². The van der Waals surface area contributed by atoms with Gasteiger partial charge in [-0.15, -0.1) is 0 Å². The molecule has 0 radical (unpaired) electrons. The summed E-state index contributed by atoms with van der Waals surface area (Å²) in [5.41, 5.74) is 5.61. The molecule has 0 saturated carbocycles. The Kier molecular flexibility index (Phi) is 2.65. The molecular formula is C7H15NO2. The lowest BCUT2D eigenvalue weighted by atomic mass is 10.3. The minimum atomic E-state index is 0.0485. The van der Waals surface area contributed by atoms with Crippen molar-refractivity contribution < 1.29 is 9.47 Å². The van der Waals surface area contributed by atoms with Gasteiger partial charge in [-0.1, -0.05) is 0 Å². The molecule has 0 bridgehead atoms. The van der Waals surface area contributed by atoms with Crippen LogP contribution in [0.5, 0.6) is 0 Å². The van der Waals surface area contributed by atoms with Gasteiger partial charge in [-0.05, 0) is 13.8 Å². The Morgan fingerprint density at radius 3 is 1.90 bits per heavy atom. The zero-order valence-corrected chi connectivity index (χ0v) is 6.54. The summed E-state index contributed by atoms with van der Waals surface area (Å²) in [4.78, 5) is 0. The maximum absolute atomic E-state index is 5.61. The maximum Gasteiger partial charge on any atom is 0.0806 e. The van der Waals surface area contributed by atoms with Crippen LogP contribution in [0.1, 0.15) is 13.8 Å². The zero-order chi connectivity index (χ0) is 7.56. The molecule has 1 aliphatic rings. The molecule has 1 fully saturated rings. The summed E-state index contributed by atoms with van der Waals surface area (Å²) in [6.45, 7) is 5.24. The number of nitrogens with two attached hydrogens (primary N) is 1. The summed E-state index contributed by atoms with van der Waals surface area (Å²) >= 11 is 0. The molecule has 0 spiro atoms. The average Bonchev–Trinajstić information content (AvgIpc) is 2.04. The Labute approximate surface area is 61.5 Å². The monoisotopic (exact) mass is 145 g/mol. The summed E-state index contributed by atoms with van der Waals surface area (Å²) in [5, 5.41) is 0. The van der Waals surface area contributed by atoms with Gasteiger partial charge in [-0.25, -0.2) is 0 Å². The highest BCUT2D eigenvalue weighted by Crippen LogP contribution is 2.07. The van der Waals surface area contributed by atoms with Crippen molar-refractivity contribution in [2.24, 2.45) is 5.73 Å². The van der Waals surface area contributed by atoms with Crippen molar-refractivity contribution in [2.45, 2.75) is 32.1 Å². The molecule has 0 aromatic rings. The summed E-state index contributed by atoms with van der Waals surface area (Å²) in [7, 11) is 0. The van der Waals surface area contributed by atoms with Crippen molar-refractivity contribution in [1.82, 2.24) is 0 Å². The molecule has 2 unspecified atom stereocenters. The van der Waals surface area contributed by atoms with E-state index in [1.807, 2.05) is 13.8 Å². The van der Waals surface area contributed by atoms with Crippen LogP contribution >= 0.6 is 0 Å². The van der Waals surface area contributed by atoms with E-state index in [-0.39, 0.29) is 18.2 Å². The molecule has 60 valence electrons. The van der Waals surface area contributed by atoms with Crippen LogP contribution in [-0.4, -0.2) is 31.5 Å². The topological polar surface area (TPSA) is 44.5 Å². The van der Waals surface area contributed by atoms with E-state index in [0.29, 0.717) is 13.2 Å². The van der Waals surface area contributed by atoms with E-state index in [1.165, 1.54) is 0 Å². The zero-order valence-electron chi connectivity index (χ0n) is 6.54. The van der Waals surface area contributed by atoms with Crippen LogP contribution in [-0.2, 0) is 9.47 Å². The number of ether oxygens (including phenoxy) is 2. The van der Waals surface area contributed by atoms with Crippen LogP contribution in [0.4, 0.5) is 0 Å². The first-order valence-corrected chi connectivity index (χ1v) is 3.69. The van der Waals surface area contributed by atoms with Crippen LogP contribution in [0.2, 0.25) is 0 Å². The van der Waals surface area contributed by atoms with E-state index in [4.69, 9.17) is 15.2 Å². The molecule has 2 N–H and O–H groups in total. The number of rotatable bonds is 0. The fourth-order valence-corrected chi connectivity index (χ4v) is 0.870. The molecule has 0 aromatic carbocycles. The molecule has 0 amide bonds. The second-order valence-corrected chi connectivity index (χ2v) is 2.84. The Balaban J connectivity index is 2.38. The van der Waals surface area contributed by atoms with Gasteiger partial charge in [0.15, 0.2) is 0 Å². The van der Waals surface area contributed by atoms with E-state index in [9.17, 15) is 0 Å². The van der Waals surface area contributed by atoms with Gasteiger partial charge in [0.1, 0.15) is 0 Å². The van der Waals surface area contributed by atoms with Crippen LogP contribution in [0.3, 0.4) is 0 Å². The molecule has 0 aromatic heterocycles. The highest BCUT2D eigenvalue weighted by molar-refractivity contribution is 4.69. The van der Waals surface area contributed by atoms with E-state index in [0.717, 1.165) is 0 Å². The largest absolute Gasteiger partial charge is 0.374 e. The second kappa shape index (κ2) is 3.32. The predicted molar refractivity (Wildman–Crippen MR) is 38.8 cm³/mol. The Hall–Kier alpha value is -0.120. The van der Waals surface area contributed by atoms with Gasteiger partial charge in [0.05, 0.1) is 31.5 Å². The molecular weight excluding hydrogens is 130 g/mol. The maximum atomic E-state index is 5.61. The quantitative estimate of drug-likeness (QED) is 0.527. The molecule has 1 rings (SSSR count). The average molecular weight is 145 g/mol. The molecule has 1 heterocycles. The standard InChI is InChI=1S/C7H15NO2/c1-5-6(2)10-4-7(8)3-9-5/h5-7H,3-4,8H2,1-2H3. The molecule has 1 aliphatic heterocycles. The first-order valence-electron chi connectivity index (χ1n) is 3.69. The van der Waals surface area contributed by atoms with Crippen molar-refractivity contribution in [3.8, 4) is 0 Å². The van der Waals surface area contributed by atoms with E-state index < -0.39 is 0 Å². The summed E-state index contributed by atoms with van der Waals surface area (Å²) in [6, 6.07) is 0.0485. The number of hydrogen-bond acceptors (Lipinski definition) is 3. The lowest BCUT2D eigenvalue weighted by molar-refractivity contribution is -0.0157. The fourth-order valence-electron chi connectivity index (χ4n) is 0.870. The van der Waals surface area contributed by atoms with Crippen molar-refractivity contribution in [2.75, 3.05) is 13.2 Å². The summed E-state index contributed by atoms with van der Waals surface area (Å²) in [5.74, 6) is 0. The minimum Gasteiger partial charge on any atom is -0.374 e. The van der Waals surface area contributed by atoms with Crippen molar-refractivity contribution in [3.63, 3.8) is 0 Å². The normalized spacial score (nSPS) is 42.9. The van der Waals surface area contributed by atoms with Gasteiger partial charge in [0.25, 0.3) is 0 Å². The predicted octanol–water partition coefficient (Wildman–Crippen LogP) is 0.137. The van der Waals surface area contributed by atoms with Gasteiger partial charge >= 0.3 is 0 Å². The lowest BCUT2D eigenvalue weighted by Crippen LogP contribution is -2.29. The van der Waals surface area contributed by atoms with Crippen molar-refractivity contribution in [3.05, 3.63) is 0 Å². The highest BCUT2D eigenvalue weighted by atomic mass is 16.6. The van der Waals surface area contributed by atoms with Crippen LogP contribution < -0.4 is 5.73 Å². The van der Waals surface area contributed by atoms with Crippen molar-refractivity contribution >= 4 is 0 Å². The Morgan fingerprint density at radius 2 is 1.50 bits per heavy atom. The Bertz CT molecular complexity index is 95.8. The highest BCUT2D eigenvalue weighted by Gasteiger charge is 2.19. The lowest BCUT2D eigenvalue weighted by Gasteiger charge is -2.15. The van der Waals surface area contributed by atoms with E-state index in [1.54, 1.807) is 0 Å². The molecule has 0 aliphatic carbocycles. The third-order valence-electron chi connectivity index (χ3n) is 1.81. The van der Waals surface area contributed by atoms with Gasteiger partial charge in [0.2, 0.25) is 0 Å². The number of hydrogen-bond donors (Lipinski definition) is 1. The molecule has 1 saturated heterocycles. The SMILES string of the molecule is CC1OCC(N)COC1C.